The van der Waals surface area contributed by atoms with Crippen molar-refractivity contribution in [1.29, 1.82) is 0 Å². The fraction of sp³-hybridized carbons (Fsp3) is 0.0526. The highest BCUT2D eigenvalue weighted by Gasteiger charge is 2.15. The van der Waals surface area contributed by atoms with Gasteiger partial charge >= 0.3 is 0 Å². The first-order chi connectivity index (χ1) is 10.9. The topological polar surface area (TPSA) is 41.6 Å². The van der Waals surface area contributed by atoms with Crippen LogP contribution in [-0.4, -0.2) is 15.0 Å². The molecule has 0 aliphatic heterocycles. The largest absolute Gasteiger partial charge is 0.338 e. The number of benzene rings is 2. The van der Waals surface area contributed by atoms with E-state index in [1.54, 1.807) is 12.4 Å². The second kappa shape index (κ2) is 5.45. The Labute approximate surface area is 128 Å². The number of hydrogen-bond donors (Lipinski definition) is 1. The molecule has 0 bridgehead atoms. The summed E-state index contributed by atoms with van der Waals surface area (Å²) in [5.74, 6) is 0. The maximum Gasteiger partial charge on any atom is 0.156 e. The minimum atomic E-state index is 0.837. The maximum atomic E-state index is 4.53. The van der Waals surface area contributed by atoms with Gasteiger partial charge in [-0.2, -0.15) is 0 Å². The van der Waals surface area contributed by atoms with Crippen molar-refractivity contribution in [2.24, 2.45) is 0 Å². The molecule has 3 heteroatoms. The molecule has 0 atom stereocenters. The van der Waals surface area contributed by atoms with Crippen LogP contribution in [0.4, 0.5) is 0 Å². The lowest BCUT2D eigenvalue weighted by molar-refractivity contribution is 1.20. The van der Waals surface area contributed by atoms with Gasteiger partial charge in [-0.15, -0.1) is 0 Å². The van der Waals surface area contributed by atoms with Crippen LogP contribution in [0.25, 0.3) is 22.4 Å². The summed E-state index contributed by atoms with van der Waals surface area (Å²) in [6.07, 6.45) is 4.31. The van der Waals surface area contributed by atoms with Crippen LogP contribution >= 0.6 is 0 Å². The van der Waals surface area contributed by atoms with E-state index in [9.17, 15) is 0 Å². The molecule has 22 heavy (non-hydrogen) atoms. The van der Waals surface area contributed by atoms with Crippen molar-refractivity contribution in [2.75, 3.05) is 0 Å². The smallest absolute Gasteiger partial charge is 0.156 e. The van der Waals surface area contributed by atoms with Gasteiger partial charge in [-0.25, -0.2) is 4.98 Å². The molecule has 0 aliphatic rings. The molecule has 1 N–H and O–H groups in total. The molecule has 0 spiro atoms. The van der Waals surface area contributed by atoms with Crippen LogP contribution in [0.1, 0.15) is 11.1 Å². The fourth-order valence-electron chi connectivity index (χ4n) is 2.79. The van der Waals surface area contributed by atoms with Crippen LogP contribution in [0, 0.1) is 0 Å². The Morgan fingerprint density at radius 3 is 2.23 bits per heavy atom. The zero-order chi connectivity index (χ0) is 14.8. The van der Waals surface area contributed by atoms with Crippen molar-refractivity contribution in [3.63, 3.8) is 0 Å². The zero-order valence-electron chi connectivity index (χ0n) is 12.0. The van der Waals surface area contributed by atoms with Gasteiger partial charge in [0.25, 0.3) is 0 Å². The van der Waals surface area contributed by atoms with Crippen LogP contribution in [-0.2, 0) is 6.42 Å². The van der Waals surface area contributed by atoms with Crippen LogP contribution in [0.2, 0.25) is 0 Å². The highest BCUT2D eigenvalue weighted by atomic mass is 14.9. The molecular weight excluding hydrogens is 270 g/mol. The first-order valence-electron chi connectivity index (χ1n) is 7.33. The average molecular weight is 285 g/mol. The van der Waals surface area contributed by atoms with Crippen molar-refractivity contribution < 1.29 is 0 Å². The highest BCUT2D eigenvalue weighted by molar-refractivity contribution is 5.85. The lowest BCUT2D eigenvalue weighted by atomic mass is 10.0. The van der Waals surface area contributed by atoms with E-state index in [0.717, 1.165) is 28.8 Å². The Morgan fingerprint density at radius 1 is 0.773 bits per heavy atom. The Balaban J connectivity index is 1.91. The van der Waals surface area contributed by atoms with Crippen LogP contribution in [0.15, 0.2) is 73.1 Å². The normalized spacial score (nSPS) is 10.9. The third-order valence-electron chi connectivity index (χ3n) is 3.82. The molecule has 2 aromatic heterocycles. The van der Waals surface area contributed by atoms with Gasteiger partial charge in [-0.1, -0.05) is 60.7 Å². The Morgan fingerprint density at radius 2 is 1.45 bits per heavy atom. The maximum absolute atomic E-state index is 4.53. The molecule has 0 saturated carbocycles. The number of rotatable bonds is 3. The van der Waals surface area contributed by atoms with Crippen LogP contribution in [0.3, 0.4) is 0 Å². The van der Waals surface area contributed by atoms with Crippen molar-refractivity contribution >= 4 is 11.2 Å². The fourth-order valence-corrected chi connectivity index (χ4v) is 2.79. The molecule has 0 amide bonds. The monoisotopic (exact) mass is 285 g/mol. The van der Waals surface area contributed by atoms with Gasteiger partial charge in [0.2, 0.25) is 0 Å². The summed E-state index contributed by atoms with van der Waals surface area (Å²) in [7, 11) is 0. The Hall–Kier alpha value is -2.94. The number of aromatic nitrogens is 3. The summed E-state index contributed by atoms with van der Waals surface area (Å²) in [6, 6.07) is 20.8. The molecule has 0 fully saturated rings. The molecular formula is C19H15N3. The molecule has 4 rings (SSSR count). The van der Waals surface area contributed by atoms with Crippen molar-refractivity contribution in [3.05, 3.63) is 84.2 Å². The molecule has 3 nitrogen and oxygen atoms in total. The lowest BCUT2D eigenvalue weighted by Crippen LogP contribution is -1.91. The second-order valence-electron chi connectivity index (χ2n) is 5.26. The molecule has 0 unspecified atom stereocenters. The third kappa shape index (κ3) is 2.27. The van der Waals surface area contributed by atoms with E-state index in [-0.39, 0.29) is 0 Å². The van der Waals surface area contributed by atoms with E-state index in [2.05, 4.69) is 51.4 Å². The summed E-state index contributed by atoms with van der Waals surface area (Å²) in [5.41, 5.74) is 6.52. The minimum Gasteiger partial charge on any atom is -0.338 e. The Kier molecular flexibility index (Phi) is 3.16. The quantitative estimate of drug-likeness (QED) is 0.612. The van der Waals surface area contributed by atoms with Crippen LogP contribution < -0.4 is 0 Å². The highest BCUT2D eigenvalue weighted by Crippen LogP contribution is 2.29. The van der Waals surface area contributed by atoms with Crippen molar-refractivity contribution in [3.8, 4) is 11.3 Å². The summed E-state index contributed by atoms with van der Waals surface area (Å²) in [4.78, 5) is 12.4. The number of nitrogens with zero attached hydrogens (tertiary/aromatic N) is 2. The van der Waals surface area contributed by atoms with E-state index in [4.69, 9.17) is 0 Å². The number of H-pyrrole nitrogens is 1. The summed E-state index contributed by atoms with van der Waals surface area (Å²) >= 11 is 0. The molecule has 106 valence electrons. The predicted molar refractivity (Wildman–Crippen MR) is 88.6 cm³/mol. The van der Waals surface area contributed by atoms with Gasteiger partial charge in [-0.3, -0.25) is 4.98 Å². The van der Waals surface area contributed by atoms with E-state index in [1.807, 2.05) is 24.3 Å². The van der Waals surface area contributed by atoms with Gasteiger partial charge in [0.1, 0.15) is 5.52 Å². The number of hydrogen-bond acceptors (Lipinski definition) is 2. The molecule has 0 saturated heterocycles. The second-order valence-corrected chi connectivity index (χ2v) is 5.26. The standard InChI is InChI=1S/C19H15N3/c1-3-7-14(8-4-1)13-16-17(15-9-5-2-6-10-15)22-19-18(16)20-11-12-21-19/h1-12H,13H2,(H,21,22). The molecule has 0 radical (unpaired) electrons. The minimum absolute atomic E-state index is 0.837. The van der Waals surface area contributed by atoms with E-state index in [0.29, 0.717) is 0 Å². The van der Waals surface area contributed by atoms with E-state index >= 15 is 0 Å². The van der Waals surface area contributed by atoms with Gasteiger partial charge in [0, 0.05) is 24.4 Å². The van der Waals surface area contributed by atoms with Gasteiger partial charge < -0.3 is 4.98 Å². The lowest BCUT2D eigenvalue weighted by Gasteiger charge is -2.05. The predicted octanol–water partition coefficient (Wildman–Crippen LogP) is 4.22. The SMILES string of the molecule is c1ccc(Cc2c(-c3ccccc3)[nH]c3nccnc23)cc1. The summed E-state index contributed by atoms with van der Waals surface area (Å²) in [6.45, 7) is 0. The molecule has 2 aromatic carbocycles. The van der Waals surface area contributed by atoms with Crippen molar-refractivity contribution in [1.82, 2.24) is 15.0 Å². The molecule has 0 aliphatic carbocycles. The summed E-state index contributed by atoms with van der Waals surface area (Å²) < 4.78 is 0. The Bertz CT molecular complexity index is 896. The average Bonchev–Trinajstić information content (AvgIpc) is 2.95. The third-order valence-corrected chi connectivity index (χ3v) is 3.82. The van der Waals surface area contributed by atoms with E-state index < -0.39 is 0 Å². The van der Waals surface area contributed by atoms with Gasteiger partial charge in [-0.05, 0) is 11.1 Å². The number of nitrogens with one attached hydrogen (secondary N) is 1. The van der Waals surface area contributed by atoms with Gasteiger partial charge in [0.15, 0.2) is 5.65 Å². The summed E-state index contributed by atoms with van der Waals surface area (Å²) in [5, 5.41) is 0. The first kappa shape index (κ1) is 12.8. The van der Waals surface area contributed by atoms with Crippen molar-refractivity contribution in [2.45, 2.75) is 6.42 Å². The number of aromatic amines is 1. The van der Waals surface area contributed by atoms with Gasteiger partial charge in [0.05, 0.1) is 5.69 Å². The number of fused-ring (bicyclic) bond motifs is 1. The van der Waals surface area contributed by atoms with E-state index in [1.165, 1.54) is 11.1 Å². The molecule has 4 aromatic rings. The zero-order valence-corrected chi connectivity index (χ0v) is 12.0. The van der Waals surface area contributed by atoms with Crippen LogP contribution in [0.5, 0.6) is 0 Å². The first-order valence-corrected chi connectivity index (χ1v) is 7.33. The molecule has 2 heterocycles.